The summed E-state index contributed by atoms with van der Waals surface area (Å²) in [6.07, 6.45) is 1.28. The molecule has 1 heterocycles. The summed E-state index contributed by atoms with van der Waals surface area (Å²) >= 11 is 0. The SMILES string of the molecule is C[C@@H]1C[C@@H]([C@H](O)CC2CC(=O)NC(=O)C2)C(=O)[C@@H](C)C1.O=C(O)CC(=O)c1ccccc1. The normalized spacial score (nSPS) is 24.7. The van der Waals surface area contributed by atoms with E-state index >= 15 is 0 Å². The first-order valence-corrected chi connectivity index (χ1v) is 10.9. The molecule has 1 aliphatic heterocycles. The summed E-state index contributed by atoms with van der Waals surface area (Å²) < 4.78 is 0. The molecule has 0 unspecified atom stereocenters. The molecule has 0 aromatic heterocycles. The van der Waals surface area contributed by atoms with Gasteiger partial charge in [0, 0.05) is 30.2 Å². The summed E-state index contributed by atoms with van der Waals surface area (Å²) in [5, 5.41) is 20.9. The van der Waals surface area contributed by atoms with Crippen LogP contribution in [-0.2, 0) is 19.2 Å². The van der Waals surface area contributed by atoms with Crippen molar-refractivity contribution in [2.24, 2.45) is 23.7 Å². The average Bonchev–Trinajstić information content (AvgIpc) is 2.70. The Balaban J connectivity index is 0.000000258. The van der Waals surface area contributed by atoms with E-state index in [2.05, 4.69) is 12.2 Å². The maximum Gasteiger partial charge on any atom is 0.311 e. The predicted octanol–water partition coefficient (Wildman–Crippen LogP) is 2.39. The van der Waals surface area contributed by atoms with Crippen molar-refractivity contribution in [1.82, 2.24) is 5.32 Å². The first-order chi connectivity index (χ1) is 15.1. The molecule has 0 spiro atoms. The van der Waals surface area contributed by atoms with Gasteiger partial charge in [-0.25, -0.2) is 0 Å². The van der Waals surface area contributed by atoms with Gasteiger partial charge in [0.2, 0.25) is 11.8 Å². The van der Waals surface area contributed by atoms with E-state index < -0.39 is 18.5 Å². The summed E-state index contributed by atoms with van der Waals surface area (Å²) in [5.74, 6) is -1.95. The van der Waals surface area contributed by atoms with Gasteiger partial charge in [-0.05, 0) is 31.1 Å². The van der Waals surface area contributed by atoms with Gasteiger partial charge in [-0.3, -0.25) is 29.3 Å². The molecule has 1 aliphatic carbocycles. The fourth-order valence-electron chi connectivity index (χ4n) is 4.47. The molecule has 0 bridgehead atoms. The Morgan fingerprint density at radius 2 is 1.62 bits per heavy atom. The van der Waals surface area contributed by atoms with Gasteiger partial charge in [0.25, 0.3) is 0 Å². The minimum Gasteiger partial charge on any atom is -0.481 e. The standard InChI is InChI=1S/C15H23NO4.C9H8O3/c1-8-3-9(2)15(20)11(4-8)12(17)5-10-6-13(18)16-14(19)7-10;10-8(6-9(11)12)7-4-2-1-3-5-7/h8-12,17H,3-7H2,1-2H3,(H,16,18,19);1-5H,6H2,(H,11,12)/t8-,9-,11-,12+;/m0./s1. The van der Waals surface area contributed by atoms with E-state index in [9.17, 15) is 29.1 Å². The molecular weight excluding hydrogens is 414 g/mol. The highest BCUT2D eigenvalue weighted by Gasteiger charge is 2.38. The van der Waals surface area contributed by atoms with E-state index in [0.717, 1.165) is 6.42 Å². The summed E-state index contributed by atoms with van der Waals surface area (Å²) in [7, 11) is 0. The number of hydrogen-bond donors (Lipinski definition) is 3. The number of rotatable bonds is 6. The predicted molar refractivity (Wildman–Crippen MR) is 116 cm³/mol. The van der Waals surface area contributed by atoms with Crippen molar-refractivity contribution >= 4 is 29.4 Å². The quantitative estimate of drug-likeness (QED) is 0.347. The zero-order valence-electron chi connectivity index (χ0n) is 18.5. The Hall–Kier alpha value is -2.87. The maximum absolute atomic E-state index is 12.2. The van der Waals surface area contributed by atoms with Crippen LogP contribution in [0.1, 0.15) is 62.7 Å². The molecule has 3 rings (SSSR count). The third kappa shape index (κ3) is 7.67. The van der Waals surface area contributed by atoms with Crippen molar-refractivity contribution in [2.45, 2.75) is 58.5 Å². The number of carboxylic acid groups (broad SMARTS) is 1. The molecule has 0 radical (unpaired) electrons. The molecule has 2 aliphatic rings. The van der Waals surface area contributed by atoms with Crippen LogP contribution in [0.5, 0.6) is 0 Å². The van der Waals surface area contributed by atoms with Crippen molar-refractivity contribution < 1.29 is 34.2 Å². The second kappa shape index (κ2) is 11.7. The number of Topliss-reactive ketones (excluding diaryl/α,β-unsaturated/α-hetero) is 2. The molecule has 8 heteroatoms. The topological polar surface area (TPSA) is 138 Å². The molecule has 2 fully saturated rings. The zero-order valence-corrected chi connectivity index (χ0v) is 18.5. The number of benzene rings is 1. The lowest BCUT2D eigenvalue weighted by Crippen LogP contribution is -2.42. The number of aliphatic carboxylic acids is 1. The highest BCUT2D eigenvalue weighted by atomic mass is 16.4. The fourth-order valence-corrected chi connectivity index (χ4v) is 4.47. The fraction of sp³-hybridized carbons (Fsp3) is 0.542. The van der Waals surface area contributed by atoms with Crippen LogP contribution in [-0.4, -0.2) is 45.7 Å². The number of hydrogen-bond acceptors (Lipinski definition) is 6. The highest BCUT2D eigenvalue weighted by molar-refractivity contribution is 6.05. The van der Waals surface area contributed by atoms with Crippen LogP contribution < -0.4 is 5.32 Å². The highest BCUT2D eigenvalue weighted by Crippen LogP contribution is 2.34. The monoisotopic (exact) mass is 445 g/mol. The van der Waals surface area contributed by atoms with Crippen molar-refractivity contribution in [2.75, 3.05) is 0 Å². The van der Waals surface area contributed by atoms with Crippen LogP contribution in [0.25, 0.3) is 0 Å². The van der Waals surface area contributed by atoms with E-state index in [1.54, 1.807) is 30.3 Å². The molecule has 32 heavy (non-hydrogen) atoms. The Morgan fingerprint density at radius 1 is 1.03 bits per heavy atom. The number of nitrogens with one attached hydrogen (secondary N) is 1. The number of carboxylic acids is 1. The zero-order chi connectivity index (χ0) is 23.8. The van der Waals surface area contributed by atoms with Gasteiger partial charge in [-0.2, -0.15) is 0 Å². The summed E-state index contributed by atoms with van der Waals surface area (Å²) in [4.78, 5) is 56.1. The number of piperidine rings is 1. The van der Waals surface area contributed by atoms with Crippen molar-refractivity contribution in [1.29, 1.82) is 0 Å². The molecule has 174 valence electrons. The lowest BCUT2D eigenvalue weighted by molar-refractivity contribution is -0.137. The van der Waals surface area contributed by atoms with Crippen molar-refractivity contribution in [3.63, 3.8) is 0 Å². The minimum absolute atomic E-state index is 0.00492. The molecule has 8 nitrogen and oxygen atoms in total. The van der Waals surface area contributed by atoms with Crippen LogP contribution in [0.4, 0.5) is 0 Å². The Labute approximate surface area is 187 Å². The summed E-state index contributed by atoms with van der Waals surface area (Å²) in [5.41, 5.74) is 0.444. The number of imide groups is 1. The second-order valence-electron chi connectivity index (χ2n) is 8.89. The third-order valence-corrected chi connectivity index (χ3v) is 5.94. The van der Waals surface area contributed by atoms with Gasteiger partial charge in [-0.1, -0.05) is 44.2 Å². The Morgan fingerprint density at radius 3 is 2.19 bits per heavy atom. The first kappa shape index (κ1) is 25.4. The number of aliphatic hydroxyl groups excluding tert-OH is 1. The summed E-state index contributed by atoms with van der Waals surface area (Å²) in [6.45, 7) is 4.01. The lowest BCUT2D eigenvalue weighted by atomic mass is 9.71. The molecule has 1 aromatic rings. The molecule has 1 aromatic carbocycles. The van der Waals surface area contributed by atoms with Gasteiger partial charge >= 0.3 is 5.97 Å². The largest absolute Gasteiger partial charge is 0.481 e. The van der Waals surface area contributed by atoms with Gasteiger partial charge in [0.1, 0.15) is 12.2 Å². The smallest absolute Gasteiger partial charge is 0.311 e. The Kier molecular flexibility index (Phi) is 9.26. The average molecular weight is 446 g/mol. The summed E-state index contributed by atoms with van der Waals surface area (Å²) in [6, 6.07) is 8.39. The lowest BCUT2D eigenvalue weighted by Gasteiger charge is -2.34. The van der Waals surface area contributed by atoms with Crippen LogP contribution in [0.15, 0.2) is 30.3 Å². The molecular formula is C24H31NO7. The van der Waals surface area contributed by atoms with Gasteiger partial charge in [-0.15, -0.1) is 0 Å². The van der Waals surface area contributed by atoms with Crippen LogP contribution in [0.2, 0.25) is 0 Å². The van der Waals surface area contributed by atoms with Crippen LogP contribution in [0.3, 0.4) is 0 Å². The number of amides is 2. The van der Waals surface area contributed by atoms with E-state index in [-0.39, 0.29) is 54.0 Å². The van der Waals surface area contributed by atoms with E-state index in [0.29, 0.717) is 24.3 Å². The third-order valence-electron chi connectivity index (χ3n) is 5.94. The van der Waals surface area contributed by atoms with Crippen LogP contribution >= 0.6 is 0 Å². The van der Waals surface area contributed by atoms with Gasteiger partial charge < -0.3 is 10.2 Å². The van der Waals surface area contributed by atoms with Crippen LogP contribution in [0, 0.1) is 23.7 Å². The molecule has 3 N–H and O–H groups in total. The first-order valence-electron chi connectivity index (χ1n) is 10.9. The van der Waals surface area contributed by atoms with E-state index in [1.165, 1.54) is 0 Å². The maximum atomic E-state index is 12.2. The van der Waals surface area contributed by atoms with Gasteiger partial charge in [0.15, 0.2) is 5.78 Å². The number of carbonyl (C=O) groups excluding carboxylic acids is 4. The van der Waals surface area contributed by atoms with E-state index in [4.69, 9.17) is 5.11 Å². The second-order valence-corrected chi connectivity index (χ2v) is 8.89. The molecule has 2 amide bonds. The van der Waals surface area contributed by atoms with Gasteiger partial charge in [0.05, 0.1) is 6.10 Å². The molecule has 1 saturated heterocycles. The number of ketones is 2. The van der Waals surface area contributed by atoms with E-state index in [1.807, 2.05) is 6.92 Å². The van der Waals surface area contributed by atoms with Crippen molar-refractivity contribution in [3.8, 4) is 0 Å². The minimum atomic E-state index is -1.09. The van der Waals surface area contributed by atoms with Crippen molar-refractivity contribution in [3.05, 3.63) is 35.9 Å². The number of carbonyl (C=O) groups is 5. The molecule has 1 saturated carbocycles. The number of aliphatic hydroxyl groups is 1. The Bertz CT molecular complexity index is 835. The molecule has 4 atom stereocenters.